The highest BCUT2D eigenvalue weighted by Gasteiger charge is 2.31. The highest BCUT2D eigenvalue weighted by Crippen LogP contribution is 2.57. The molecule has 2 aliphatic heterocycles. The van der Waals surface area contributed by atoms with E-state index >= 15 is 0 Å². The summed E-state index contributed by atoms with van der Waals surface area (Å²) in [4.78, 5) is 14.4. The number of aliphatic carboxylic acids is 1. The van der Waals surface area contributed by atoms with Gasteiger partial charge < -0.3 is 24.1 Å². The van der Waals surface area contributed by atoms with Gasteiger partial charge in [0.1, 0.15) is 38.1 Å². The number of thiophene rings is 2. The maximum Gasteiger partial charge on any atom is 0.346 e. The van der Waals surface area contributed by atoms with Gasteiger partial charge in [0.2, 0.25) is 0 Å². The third-order valence-corrected chi connectivity index (χ3v) is 6.15. The Balaban J connectivity index is 1.89. The monoisotopic (exact) mass is 391 g/mol. The zero-order valence-electron chi connectivity index (χ0n) is 13.7. The summed E-state index contributed by atoms with van der Waals surface area (Å²) >= 11 is 2.83. The molecule has 0 aromatic carbocycles. The molecule has 26 heavy (non-hydrogen) atoms. The van der Waals surface area contributed by atoms with Crippen molar-refractivity contribution in [1.82, 2.24) is 0 Å². The minimum absolute atomic E-state index is 0.361. The molecule has 0 fully saturated rings. The van der Waals surface area contributed by atoms with Gasteiger partial charge in [0.25, 0.3) is 0 Å². The maximum atomic E-state index is 11.2. The second kappa shape index (κ2) is 6.55. The van der Waals surface area contributed by atoms with Crippen molar-refractivity contribution in [2.24, 2.45) is 0 Å². The molecule has 0 amide bonds. The summed E-state index contributed by atoms with van der Waals surface area (Å²) in [5.74, 6) is 1.13. The SMILES string of the molecule is Cc1sc(-c2sc(/C=C(\C#N)C(=O)O)c3c2OCCO3)c2c1OCCO2. The van der Waals surface area contributed by atoms with Gasteiger partial charge in [-0.3, -0.25) is 0 Å². The van der Waals surface area contributed by atoms with E-state index in [0.717, 1.165) is 20.4 Å². The predicted molar refractivity (Wildman–Crippen MR) is 95.6 cm³/mol. The van der Waals surface area contributed by atoms with Crippen LogP contribution in [0.2, 0.25) is 0 Å². The van der Waals surface area contributed by atoms with E-state index in [2.05, 4.69) is 0 Å². The molecule has 0 saturated carbocycles. The van der Waals surface area contributed by atoms with E-state index in [4.69, 9.17) is 29.3 Å². The van der Waals surface area contributed by atoms with Crippen molar-refractivity contribution in [3.63, 3.8) is 0 Å². The molecule has 0 aliphatic carbocycles. The highest BCUT2D eigenvalue weighted by atomic mass is 32.1. The summed E-state index contributed by atoms with van der Waals surface area (Å²) in [7, 11) is 0. The van der Waals surface area contributed by atoms with E-state index in [-0.39, 0.29) is 5.57 Å². The molecular formula is C17H13NO6S2. The first-order chi connectivity index (χ1) is 12.6. The van der Waals surface area contributed by atoms with Gasteiger partial charge in [-0.15, -0.1) is 22.7 Å². The fourth-order valence-electron chi connectivity index (χ4n) is 2.73. The van der Waals surface area contributed by atoms with Gasteiger partial charge in [0, 0.05) is 4.88 Å². The molecule has 0 saturated heterocycles. The zero-order chi connectivity index (χ0) is 18.3. The molecule has 4 rings (SSSR count). The number of carboxylic acid groups (broad SMARTS) is 1. The minimum Gasteiger partial charge on any atom is -0.485 e. The van der Waals surface area contributed by atoms with Crippen LogP contribution in [0.3, 0.4) is 0 Å². The first-order valence-electron chi connectivity index (χ1n) is 7.77. The van der Waals surface area contributed by atoms with E-state index in [1.165, 1.54) is 28.7 Å². The molecule has 9 heteroatoms. The van der Waals surface area contributed by atoms with Gasteiger partial charge in [0.05, 0.1) is 14.6 Å². The summed E-state index contributed by atoms with van der Waals surface area (Å²) < 4.78 is 23.0. The van der Waals surface area contributed by atoms with E-state index < -0.39 is 5.97 Å². The molecular weight excluding hydrogens is 378 g/mol. The largest absolute Gasteiger partial charge is 0.485 e. The fraction of sp³-hybridized carbons (Fsp3) is 0.294. The van der Waals surface area contributed by atoms with Gasteiger partial charge in [-0.25, -0.2) is 4.79 Å². The van der Waals surface area contributed by atoms with Crippen molar-refractivity contribution in [2.75, 3.05) is 26.4 Å². The summed E-state index contributed by atoms with van der Waals surface area (Å²) in [6, 6.07) is 1.69. The smallest absolute Gasteiger partial charge is 0.346 e. The van der Waals surface area contributed by atoms with Crippen LogP contribution in [0.15, 0.2) is 5.57 Å². The number of hydrogen-bond donors (Lipinski definition) is 1. The lowest BCUT2D eigenvalue weighted by molar-refractivity contribution is -0.132. The Labute approximate surface area is 156 Å². The molecule has 4 heterocycles. The van der Waals surface area contributed by atoms with Crippen LogP contribution >= 0.6 is 22.7 Å². The number of ether oxygens (including phenoxy) is 4. The third kappa shape index (κ3) is 2.67. The Bertz CT molecular complexity index is 965. The van der Waals surface area contributed by atoms with Crippen molar-refractivity contribution in [1.29, 1.82) is 5.26 Å². The molecule has 2 aliphatic rings. The van der Waals surface area contributed by atoms with Crippen LogP contribution in [-0.4, -0.2) is 37.5 Å². The standard InChI is InChI=1S/C17H13NO6S2/c1-8-11-13(23-4-2-21-11)15(25-8)16-14-12(22-3-5-24-14)10(26-16)6-9(7-18)17(19)20/h6H,2-5H2,1H3,(H,19,20)/b9-6+. The molecule has 2 aromatic heterocycles. The van der Waals surface area contributed by atoms with E-state index in [9.17, 15) is 4.79 Å². The molecule has 0 bridgehead atoms. The average Bonchev–Trinajstić information content (AvgIpc) is 3.18. The Hall–Kier alpha value is -2.70. The van der Waals surface area contributed by atoms with Gasteiger partial charge in [-0.05, 0) is 13.0 Å². The number of rotatable bonds is 3. The quantitative estimate of drug-likeness (QED) is 0.633. The minimum atomic E-state index is -1.28. The number of carboxylic acids is 1. The Morgan fingerprint density at radius 1 is 1.00 bits per heavy atom. The first kappa shape index (κ1) is 16.8. The van der Waals surface area contributed by atoms with Gasteiger partial charge in [-0.1, -0.05) is 0 Å². The van der Waals surface area contributed by atoms with Crippen LogP contribution < -0.4 is 18.9 Å². The number of aryl methyl sites for hydroxylation is 1. The van der Waals surface area contributed by atoms with Crippen LogP contribution in [0.4, 0.5) is 0 Å². The second-order valence-electron chi connectivity index (χ2n) is 5.47. The van der Waals surface area contributed by atoms with Crippen LogP contribution in [-0.2, 0) is 4.79 Å². The van der Waals surface area contributed by atoms with Crippen molar-refractivity contribution < 1.29 is 28.8 Å². The Morgan fingerprint density at radius 2 is 1.54 bits per heavy atom. The third-order valence-electron chi connectivity index (χ3n) is 3.82. The molecule has 1 N–H and O–H groups in total. The van der Waals surface area contributed by atoms with E-state index in [1.807, 2.05) is 6.92 Å². The topological polar surface area (TPSA) is 98.0 Å². The lowest BCUT2D eigenvalue weighted by Gasteiger charge is -2.18. The zero-order valence-corrected chi connectivity index (χ0v) is 15.3. The lowest BCUT2D eigenvalue weighted by Crippen LogP contribution is -2.15. The van der Waals surface area contributed by atoms with Crippen LogP contribution in [0.5, 0.6) is 23.0 Å². The van der Waals surface area contributed by atoms with Crippen molar-refractivity contribution in [2.45, 2.75) is 6.92 Å². The molecule has 7 nitrogen and oxygen atoms in total. The van der Waals surface area contributed by atoms with Gasteiger partial charge in [-0.2, -0.15) is 5.26 Å². The molecule has 134 valence electrons. The number of fused-ring (bicyclic) bond motifs is 2. The summed E-state index contributed by atoms with van der Waals surface area (Å²) in [6.45, 7) is 3.68. The molecule has 0 unspecified atom stereocenters. The number of carbonyl (C=O) groups is 1. The Morgan fingerprint density at radius 3 is 2.15 bits per heavy atom. The fourth-order valence-corrected chi connectivity index (χ4v) is 5.04. The van der Waals surface area contributed by atoms with Crippen molar-refractivity contribution >= 4 is 34.7 Å². The average molecular weight is 391 g/mol. The van der Waals surface area contributed by atoms with Crippen molar-refractivity contribution in [3.8, 4) is 38.8 Å². The summed E-state index contributed by atoms with van der Waals surface area (Å²) in [6.07, 6.45) is 1.31. The maximum absolute atomic E-state index is 11.2. The summed E-state index contributed by atoms with van der Waals surface area (Å²) in [5, 5.41) is 18.2. The normalized spacial score (nSPS) is 15.5. The Kier molecular flexibility index (Phi) is 4.22. The highest BCUT2D eigenvalue weighted by molar-refractivity contribution is 7.23. The molecule has 0 spiro atoms. The van der Waals surface area contributed by atoms with Gasteiger partial charge in [0.15, 0.2) is 23.0 Å². The molecule has 0 radical (unpaired) electrons. The van der Waals surface area contributed by atoms with Crippen LogP contribution in [0.25, 0.3) is 15.8 Å². The van der Waals surface area contributed by atoms with Crippen molar-refractivity contribution in [3.05, 3.63) is 15.3 Å². The summed E-state index contributed by atoms with van der Waals surface area (Å²) in [5.41, 5.74) is -0.362. The molecule has 2 aromatic rings. The number of nitriles is 1. The number of nitrogens with zero attached hydrogens (tertiary/aromatic N) is 1. The van der Waals surface area contributed by atoms with E-state index in [1.54, 1.807) is 6.07 Å². The molecule has 0 atom stereocenters. The van der Waals surface area contributed by atoms with Crippen LogP contribution in [0.1, 0.15) is 9.75 Å². The lowest BCUT2D eigenvalue weighted by atomic mass is 10.2. The number of hydrogen-bond acceptors (Lipinski definition) is 8. The van der Waals surface area contributed by atoms with Crippen LogP contribution in [0, 0.1) is 18.3 Å². The van der Waals surface area contributed by atoms with Gasteiger partial charge >= 0.3 is 5.97 Å². The first-order valence-corrected chi connectivity index (χ1v) is 9.40. The second-order valence-corrected chi connectivity index (χ2v) is 7.75. The predicted octanol–water partition coefficient (Wildman–Crippen LogP) is 3.32. The van der Waals surface area contributed by atoms with E-state index in [0.29, 0.717) is 48.6 Å².